The van der Waals surface area contributed by atoms with Crippen molar-refractivity contribution in [1.29, 1.82) is 0 Å². The highest BCUT2D eigenvalue weighted by Gasteiger charge is 2.50. The van der Waals surface area contributed by atoms with Gasteiger partial charge in [0.05, 0.1) is 0 Å². The standard InChI is InChI=1S/C22H25O2PSi2/c1-26(2)21-17-11-16-20(22(21)27(3,4)24-26)25(23,18-12-7-5-8-13-18)19-14-9-6-10-15-19/h5-17H,1-4H3. The lowest BCUT2D eigenvalue weighted by Crippen LogP contribution is -2.53. The van der Waals surface area contributed by atoms with E-state index in [-0.39, 0.29) is 0 Å². The summed E-state index contributed by atoms with van der Waals surface area (Å²) >= 11 is 0. The number of hydrogen-bond acceptors (Lipinski definition) is 2. The molecule has 0 unspecified atom stereocenters. The van der Waals surface area contributed by atoms with E-state index >= 15 is 0 Å². The number of fused-ring (bicyclic) bond motifs is 1. The SMILES string of the molecule is C[Si]1(C)O[Si](C)(C)c2c1cccc2P(=O)(c1ccccc1)c1ccccc1. The monoisotopic (exact) mass is 408 g/mol. The third-order valence-electron chi connectivity index (χ3n) is 5.38. The molecule has 3 aromatic carbocycles. The van der Waals surface area contributed by atoms with Gasteiger partial charge in [0.2, 0.25) is 16.6 Å². The first kappa shape index (κ1) is 18.6. The van der Waals surface area contributed by atoms with Crippen molar-refractivity contribution in [1.82, 2.24) is 0 Å². The summed E-state index contributed by atoms with van der Waals surface area (Å²) in [6.07, 6.45) is 0. The lowest BCUT2D eigenvalue weighted by atomic mass is 10.3. The summed E-state index contributed by atoms with van der Waals surface area (Å²) in [5, 5.41) is 5.34. The van der Waals surface area contributed by atoms with Crippen molar-refractivity contribution in [3.05, 3.63) is 78.9 Å². The number of rotatable bonds is 3. The fraction of sp³-hybridized carbons (Fsp3) is 0.182. The van der Waals surface area contributed by atoms with E-state index < -0.39 is 23.8 Å². The van der Waals surface area contributed by atoms with Crippen LogP contribution >= 0.6 is 7.14 Å². The third-order valence-corrected chi connectivity index (χ3v) is 16.5. The molecule has 0 bridgehead atoms. The Hall–Kier alpha value is -1.72. The lowest BCUT2D eigenvalue weighted by Gasteiger charge is -2.26. The Bertz CT molecular complexity index is 987. The molecule has 0 saturated heterocycles. The molecule has 0 radical (unpaired) electrons. The summed E-state index contributed by atoms with van der Waals surface area (Å²) < 4.78 is 21.5. The topological polar surface area (TPSA) is 26.3 Å². The van der Waals surface area contributed by atoms with E-state index in [1.54, 1.807) is 0 Å². The molecule has 0 atom stereocenters. The van der Waals surface area contributed by atoms with E-state index in [0.717, 1.165) is 15.9 Å². The van der Waals surface area contributed by atoms with Crippen LogP contribution in [-0.4, -0.2) is 16.6 Å². The van der Waals surface area contributed by atoms with E-state index in [1.807, 2.05) is 60.7 Å². The normalized spacial score (nSPS) is 17.5. The largest absolute Gasteiger partial charge is 0.449 e. The molecule has 1 aliphatic heterocycles. The zero-order valence-electron chi connectivity index (χ0n) is 16.3. The number of benzene rings is 3. The number of hydrogen-bond donors (Lipinski definition) is 0. The smallest absolute Gasteiger partial charge is 0.206 e. The van der Waals surface area contributed by atoms with Crippen LogP contribution in [0.5, 0.6) is 0 Å². The summed E-state index contributed by atoms with van der Waals surface area (Å²) in [6.45, 7) is 9.01. The molecule has 1 aliphatic rings. The van der Waals surface area contributed by atoms with Crippen molar-refractivity contribution >= 4 is 50.1 Å². The van der Waals surface area contributed by atoms with Gasteiger partial charge in [-0.05, 0) is 36.6 Å². The molecule has 4 rings (SSSR count). The van der Waals surface area contributed by atoms with Crippen LogP contribution in [0.15, 0.2) is 78.9 Å². The second-order valence-corrected chi connectivity index (χ2v) is 18.7. The van der Waals surface area contributed by atoms with Gasteiger partial charge in [-0.3, -0.25) is 0 Å². The molecule has 0 amide bonds. The van der Waals surface area contributed by atoms with E-state index in [1.165, 1.54) is 10.4 Å². The minimum atomic E-state index is -2.98. The first-order chi connectivity index (χ1) is 12.8. The highest BCUT2D eigenvalue weighted by Crippen LogP contribution is 2.42. The van der Waals surface area contributed by atoms with Gasteiger partial charge < -0.3 is 8.68 Å². The third kappa shape index (κ3) is 2.92. The highest BCUT2D eigenvalue weighted by molar-refractivity contribution is 7.85. The van der Waals surface area contributed by atoms with Crippen LogP contribution in [0.3, 0.4) is 0 Å². The predicted molar refractivity (Wildman–Crippen MR) is 121 cm³/mol. The van der Waals surface area contributed by atoms with Crippen molar-refractivity contribution in [2.45, 2.75) is 26.2 Å². The summed E-state index contributed by atoms with van der Waals surface area (Å²) in [5.74, 6) is 0. The summed E-state index contributed by atoms with van der Waals surface area (Å²) in [5.41, 5.74) is 0. The van der Waals surface area contributed by atoms with Gasteiger partial charge in [0.25, 0.3) is 0 Å². The van der Waals surface area contributed by atoms with Crippen molar-refractivity contribution in [2.24, 2.45) is 0 Å². The average Bonchev–Trinajstić information content (AvgIpc) is 2.87. The average molecular weight is 409 g/mol. The van der Waals surface area contributed by atoms with Crippen LogP contribution in [0, 0.1) is 0 Å². The van der Waals surface area contributed by atoms with Crippen molar-refractivity contribution in [3.8, 4) is 0 Å². The molecule has 1 heterocycles. The van der Waals surface area contributed by atoms with Gasteiger partial charge in [-0.1, -0.05) is 78.9 Å². The maximum atomic E-state index is 14.9. The van der Waals surface area contributed by atoms with Gasteiger partial charge >= 0.3 is 0 Å². The Morgan fingerprint density at radius 1 is 0.667 bits per heavy atom. The fourth-order valence-electron chi connectivity index (χ4n) is 4.38. The van der Waals surface area contributed by atoms with Crippen LogP contribution in [-0.2, 0) is 8.68 Å². The molecule has 138 valence electrons. The minimum absolute atomic E-state index is 0.890. The molecule has 2 nitrogen and oxygen atoms in total. The molecule has 0 spiro atoms. The van der Waals surface area contributed by atoms with Crippen molar-refractivity contribution in [2.75, 3.05) is 0 Å². The van der Waals surface area contributed by atoms with E-state index in [0.29, 0.717) is 0 Å². The molecule has 27 heavy (non-hydrogen) atoms. The van der Waals surface area contributed by atoms with E-state index in [2.05, 4.69) is 44.4 Å². The molecule has 0 fully saturated rings. The van der Waals surface area contributed by atoms with E-state index in [4.69, 9.17) is 4.12 Å². The van der Waals surface area contributed by atoms with Gasteiger partial charge in [-0.2, -0.15) is 0 Å². The maximum Gasteiger partial charge on any atom is 0.206 e. The quantitative estimate of drug-likeness (QED) is 0.492. The van der Waals surface area contributed by atoms with Crippen LogP contribution in [0.2, 0.25) is 26.2 Å². The Kier molecular flexibility index (Phi) is 4.43. The van der Waals surface area contributed by atoms with E-state index in [9.17, 15) is 4.57 Å². The first-order valence-corrected chi connectivity index (χ1v) is 16.9. The zero-order valence-corrected chi connectivity index (χ0v) is 19.2. The maximum absolute atomic E-state index is 14.9. The molecule has 0 saturated carbocycles. The highest BCUT2D eigenvalue weighted by atomic mass is 31.2. The zero-order chi connectivity index (χ0) is 19.3. The van der Waals surface area contributed by atoms with Gasteiger partial charge in [-0.25, -0.2) is 0 Å². The molecule has 3 aromatic rings. The van der Waals surface area contributed by atoms with Crippen molar-refractivity contribution in [3.63, 3.8) is 0 Å². The molecule has 0 aliphatic carbocycles. The second-order valence-electron chi connectivity index (χ2n) is 8.10. The van der Waals surface area contributed by atoms with Crippen LogP contribution in [0.1, 0.15) is 0 Å². The van der Waals surface area contributed by atoms with Gasteiger partial charge in [0.1, 0.15) is 0 Å². The van der Waals surface area contributed by atoms with Gasteiger partial charge in [0, 0.05) is 15.9 Å². The van der Waals surface area contributed by atoms with Crippen LogP contribution in [0.25, 0.3) is 0 Å². The molecular formula is C22H25O2PSi2. The Balaban J connectivity index is 2.09. The van der Waals surface area contributed by atoms with Crippen LogP contribution in [0.4, 0.5) is 0 Å². The van der Waals surface area contributed by atoms with Gasteiger partial charge in [-0.15, -0.1) is 0 Å². The predicted octanol–water partition coefficient (Wildman–Crippen LogP) is 3.18. The van der Waals surface area contributed by atoms with Crippen LogP contribution < -0.4 is 26.3 Å². The Morgan fingerprint density at radius 2 is 1.19 bits per heavy atom. The molecule has 0 N–H and O–H groups in total. The molecular weight excluding hydrogens is 383 g/mol. The lowest BCUT2D eigenvalue weighted by molar-refractivity contribution is 0.582. The summed E-state index contributed by atoms with van der Waals surface area (Å²) in [6, 6.07) is 26.2. The molecule has 5 heteroatoms. The van der Waals surface area contributed by atoms with Gasteiger partial charge in [0.15, 0.2) is 7.14 Å². The summed E-state index contributed by atoms with van der Waals surface area (Å²) in [4.78, 5) is 0. The van der Waals surface area contributed by atoms with Crippen molar-refractivity contribution < 1.29 is 8.68 Å². The molecule has 0 aromatic heterocycles. The second kappa shape index (κ2) is 6.42. The minimum Gasteiger partial charge on any atom is -0.449 e. The first-order valence-electron chi connectivity index (χ1n) is 9.33. The Morgan fingerprint density at radius 3 is 1.70 bits per heavy atom. The fourth-order valence-corrected chi connectivity index (χ4v) is 19.0. The Labute approximate surface area is 163 Å². The summed E-state index contributed by atoms with van der Waals surface area (Å²) in [7, 11) is -7.07.